The van der Waals surface area contributed by atoms with E-state index in [0.29, 0.717) is 12.0 Å². The molecule has 0 N–H and O–H groups in total. The molecule has 76 valence electrons. The second kappa shape index (κ2) is 4.43. The molecule has 0 aliphatic heterocycles. The third-order valence-corrected chi connectivity index (χ3v) is 3.14. The zero-order valence-electron chi connectivity index (χ0n) is 8.27. The van der Waals surface area contributed by atoms with Gasteiger partial charge in [0.05, 0.1) is 6.16 Å². The second-order valence-electron chi connectivity index (χ2n) is 3.27. The van der Waals surface area contributed by atoms with Crippen LogP contribution in [0.25, 0.3) is 0 Å². The van der Waals surface area contributed by atoms with Crippen LogP contribution in [0.15, 0.2) is 24.3 Å². The van der Waals surface area contributed by atoms with Crippen molar-refractivity contribution >= 4 is 13.7 Å². The van der Waals surface area contributed by atoms with E-state index in [1.54, 1.807) is 12.1 Å². The largest absolute Gasteiger partial charge is 0.443 e. The van der Waals surface area contributed by atoms with Crippen molar-refractivity contribution in [2.75, 3.05) is 12.8 Å². The Balaban J connectivity index is 2.73. The van der Waals surface area contributed by atoms with Crippen LogP contribution in [0.1, 0.15) is 5.56 Å². The first-order chi connectivity index (χ1) is 6.53. The predicted molar refractivity (Wildman–Crippen MR) is 56.3 cm³/mol. The Bertz CT molecular complexity index is 356. The van der Waals surface area contributed by atoms with Gasteiger partial charge in [0, 0.05) is 6.66 Å². The summed E-state index contributed by atoms with van der Waals surface area (Å²) in [6.45, 7) is 3.42. The first-order valence-corrected chi connectivity index (χ1v) is 6.56. The minimum atomic E-state index is -2.80. The average Bonchev–Trinajstić information content (AvgIpc) is 2.08. The molecule has 1 rings (SSSR count). The maximum atomic E-state index is 11.6. The number of benzene rings is 1. The van der Waals surface area contributed by atoms with Crippen LogP contribution in [-0.4, -0.2) is 19.1 Å². The molecule has 0 bridgehead atoms. The van der Waals surface area contributed by atoms with E-state index in [9.17, 15) is 9.36 Å². The third-order valence-electron chi connectivity index (χ3n) is 1.73. The lowest BCUT2D eigenvalue weighted by molar-refractivity contribution is -0.105. The molecular weight excluding hydrogens is 199 g/mol. The summed E-state index contributed by atoms with van der Waals surface area (Å²) in [5.74, 6) is 0.545. The Morgan fingerprint density at radius 2 is 1.93 bits per heavy atom. The zero-order valence-corrected chi connectivity index (χ0v) is 9.16. The summed E-state index contributed by atoms with van der Waals surface area (Å²) in [7, 11) is -2.80. The molecule has 1 unspecified atom stereocenters. The number of hydrogen-bond acceptors (Lipinski definition) is 3. The SMILES string of the molecule is Cc1ccc(OP(C)(=O)CC=O)cc1. The summed E-state index contributed by atoms with van der Waals surface area (Å²) in [4.78, 5) is 10.2. The van der Waals surface area contributed by atoms with E-state index >= 15 is 0 Å². The van der Waals surface area contributed by atoms with Gasteiger partial charge in [-0.15, -0.1) is 0 Å². The van der Waals surface area contributed by atoms with Gasteiger partial charge in [-0.2, -0.15) is 0 Å². The van der Waals surface area contributed by atoms with Crippen molar-refractivity contribution in [3.63, 3.8) is 0 Å². The highest BCUT2D eigenvalue weighted by atomic mass is 31.2. The summed E-state index contributed by atoms with van der Waals surface area (Å²) in [6, 6.07) is 7.24. The van der Waals surface area contributed by atoms with Gasteiger partial charge in [-0.1, -0.05) is 17.7 Å². The molecule has 0 aromatic heterocycles. The van der Waals surface area contributed by atoms with Gasteiger partial charge in [0.15, 0.2) is 0 Å². The summed E-state index contributed by atoms with van der Waals surface area (Å²) in [6.07, 6.45) is 0.579. The van der Waals surface area contributed by atoms with Crippen LogP contribution in [0, 0.1) is 6.92 Å². The second-order valence-corrected chi connectivity index (χ2v) is 5.84. The number of carbonyl (C=O) groups is 1. The average molecular weight is 212 g/mol. The van der Waals surface area contributed by atoms with Crippen molar-refractivity contribution in [2.24, 2.45) is 0 Å². The summed E-state index contributed by atoms with van der Waals surface area (Å²) in [5, 5.41) is 0. The topological polar surface area (TPSA) is 43.4 Å². The number of rotatable bonds is 4. The van der Waals surface area contributed by atoms with Gasteiger partial charge >= 0.3 is 0 Å². The minimum absolute atomic E-state index is 0.0408. The van der Waals surface area contributed by atoms with Gasteiger partial charge in [0.1, 0.15) is 12.0 Å². The number of aryl methyl sites for hydroxylation is 1. The highest BCUT2D eigenvalue weighted by Gasteiger charge is 2.16. The van der Waals surface area contributed by atoms with Crippen LogP contribution >= 0.6 is 7.37 Å². The zero-order chi connectivity index (χ0) is 10.6. The fourth-order valence-electron chi connectivity index (χ4n) is 0.995. The first kappa shape index (κ1) is 11.0. The van der Waals surface area contributed by atoms with Gasteiger partial charge in [0.25, 0.3) is 7.37 Å². The predicted octanol–water partition coefficient (Wildman–Crippen LogP) is 2.48. The Morgan fingerprint density at radius 3 is 2.43 bits per heavy atom. The number of aldehydes is 1. The highest BCUT2D eigenvalue weighted by molar-refractivity contribution is 7.59. The maximum absolute atomic E-state index is 11.6. The lowest BCUT2D eigenvalue weighted by Gasteiger charge is -2.12. The van der Waals surface area contributed by atoms with Crippen LogP contribution < -0.4 is 4.52 Å². The van der Waals surface area contributed by atoms with Crippen LogP contribution in [0.2, 0.25) is 0 Å². The van der Waals surface area contributed by atoms with Gasteiger partial charge in [-0.05, 0) is 19.1 Å². The summed E-state index contributed by atoms with van der Waals surface area (Å²) >= 11 is 0. The molecule has 0 heterocycles. The van der Waals surface area contributed by atoms with Gasteiger partial charge in [-0.25, -0.2) is 0 Å². The quantitative estimate of drug-likeness (QED) is 0.568. The molecule has 0 saturated heterocycles. The van der Waals surface area contributed by atoms with E-state index in [1.807, 2.05) is 19.1 Å². The maximum Gasteiger partial charge on any atom is 0.251 e. The normalized spacial score (nSPS) is 14.4. The highest BCUT2D eigenvalue weighted by Crippen LogP contribution is 2.41. The fraction of sp³-hybridized carbons (Fsp3) is 0.300. The smallest absolute Gasteiger partial charge is 0.251 e. The lowest BCUT2D eigenvalue weighted by atomic mass is 10.2. The van der Waals surface area contributed by atoms with Crippen molar-refractivity contribution in [3.8, 4) is 5.75 Å². The molecule has 1 atom stereocenters. The Labute approximate surface area is 83.5 Å². The molecule has 0 fully saturated rings. The van der Waals surface area contributed by atoms with Crippen molar-refractivity contribution < 1.29 is 13.9 Å². The van der Waals surface area contributed by atoms with Crippen molar-refractivity contribution in [1.82, 2.24) is 0 Å². The van der Waals surface area contributed by atoms with Crippen molar-refractivity contribution in [2.45, 2.75) is 6.92 Å². The van der Waals surface area contributed by atoms with E-state index in [2.05, 4.69) is 0 Å². The molecule has 1 aromatic rings. The molecule has 14 heavy (non-hydrogen) atoms. The van der Waals surface area contributed by atoms with Crippen LogP contribution in [-0.2, 0) is 9.36 Å². The van der Waals surface area contributed by atoms with Crippen LogP contribution in [0.3, 0.4) is 0 Å². The molecule has 0 amide bonds. The first-order valence-electron chi connectivity index (χ1n) is 4.30. The molecule has 0 spiro atoms. The summed E-state index contributed by atoms with van der Waals surface area (Å²) < 4.78 is 16.8. The lowest BCUT2D eigenvalue weighted by Crippen LogP contribution is -1.97. The van der Waals surface area contributed by atoms with Gasteiger partial charge in [0.2, 0.25) is 0 Å². The van der Waals surface area contributed by atoms with E-state index in [0.717, 1.165) is 5.56 Å². The van der Waals surface area contributed by atoms with E-state index < -0.39 is 7.37 Å². The molecule has 0 saturated carbocycles. The Kier molecular flexibility index (Phi) is 3.48. The summed E-state index contributed by atoms with van der Waals surface area (Å²) in [5.41, 5.74) is 1.11. The van der Waals surface area contributed by atoms with E-state index in [4.69, 9.17) is 4.52 Å². The Morgan fingerprint density at radius 1 is 1.36 bits per heavy atom. The third kappa shape index (κ3) is 3.35. The van der Waals surface area contributed by atoms with Crippen molar-refractivity contribution in [3.05, 3.63) is 29.8 Å². The Hall–Kier alpha value is -1.08. The van der Waals surface area contributed by atoms with E-state index in [1.165, 1.54) is 6.66 Å². The standard InChI is InChI=1S/C10H13O3P/c1-9-3-5-10(6-4-9)13-14(2,12)8-7-11/h3-7H,8H2,1-2H3. The van der Waals surface area contributed by atoms with Gasteiger partial charge < -0.3 is 9.32 Å². The fourth-order valence-corrected chi connectivity index (χ4v) is 1.91. The number of carbonyl (C=O) groups excluding carboxylic acids is 1. The molecule has 0 aliphatic carbocycles. The molecular formula is C10H13O3P. The monoisotopic (exact) mass is 212 g/mol. The molecule has 3 nitrogen and oxygen atoms in total. The van der Waals surface area contributed by atoms with Crippen molar-refractivity contribution in [1.29, 1.82) is 0 Å². The van der Waals surface area contributed by atoms with Crippen LogP contribution in [0.4, 0.5) is 0 Å². The van der Waals surface area contributed by atoms with Crippen LogP contribution in [0.5, 0.6) is 5.75 Å². The minimum Gasteiger partial charge on any atom is -0.443 e. The van der Waals surface area contributed by atoms with E-state index in [-0.39, 0.29) is 6.16 Å². The molecule has 4 heteroatoms. The molecule has 0 aliphatic rings. The molecule has 0 radical (unpaired) electrons. The van der Waals surface area contributed by atoms with Gasteiger partial charge in [-0.3, -0.25) is 4.57 Å². The molecule has 1 aromatic carbocycles. The number of hydrogen-bond donors (Lipinski definition) is 0.